The van der Waals surface area contributed by atoms with Crippen LogP contribution in [-0.4, -0.2) is 49.1 Å². The fraction of sp³-hybridized carbons (Fsp3) is 0.625. The van der Waals surface area contributed by atoms with Crippen LogP contribution >= 0.6 is 0 Å². The number of likely N-dealkylation sites (tertiary alicyclic amines) is 1. The third-order valence-corrected chi connectivity index (χ3v) is 4.18. The highest BCUT2D eigenvalue weighted by atomic mass is 15.2. The molecule has 1 saturated heterocycles. The monoisotopic (exact) mass is 261 g/mol. The standard InChI is InChI=1S/C16H27N3/c1-14-3-5-15(6-4-14)13-18(2)16-7-10-19(11-8-16)12-9-17/h3-6,16H,7-13,17H2,1-2H3. The molecule has 106 valence electrons. The lowest BCUT2D eigenvalue weighted by molar-refractivity contribution is 0.125. The van der Waals surface area contributed by atoms with Crippen molar-refractivity contribution in [3.8, 4) is 0 Å². The molecule has 1 heterocycles. The molecular weight excluding hydrogens is 234 g/mol. The molecule has 0 amide bonds. The van der Waals surface area contributed by atoms with Gasteiger partial charge < -0.3 is 10.6 Å². The van der Waals surface area contributed by atoms with Crippen LogP contribution in [0.15, 0.2) is 24.3 Å². The van der Waals surface area contributed by atoms with E-state index >= 15 is 0 Å². The molecule has 0 radical (unpaired) electrons. The molecule has 1 aliphatic heterocycles. The molecule has 1 aliphatic rings. The van der Waals surface area contributed by atoms with E-state index in [9.17, 15) is 0 Å². The van der Waals surface area contributed by atoms with Crippen molar-refractivity contribution in [3.05, 3.63) is 35.4 Å². The van der Waals surface area contributed by atoms with E-state index in [2.05, 4.69) is 48.0 Å². The minimum atomic E-state index is 0.718. The average Bonchev–Trinajstić information content (AvgIpc) is 2.42. The molecule has 0 aromatic heterocycles. The lowest BCUT2D eigenvalue weighted by atomic mass is 10.0. The summed E-state index contributed by atoms with van der Waals surface area (Å²) < 4.78 is 0. The number of hydrogen-bond acceptors (Lipinski definition) is 3. The first-order chi connectivity index (χ1) is 9.19. The molecule has 0 spiro atoms. The van der Waals surface area contributed by atoms with E-state index in [1.54, 1.807) is 0 Å². The van der Waals surface area contributed by atoms with Gasteiger partial charge in [0.2, 0.25) is 0 Å². The smallest absolute Gasteiger partial charge is 0.0233 e. The molecule has 2 rings (SSSR count). The van der Waals surface area contributed by atoms with Gasteiger partial charge in [0, 0.05) is 25.7 Å². The first kappa shape index (κ1) is 14.5. The molecular formula is C16H27N3. The van der Waals surface area contributed by atoms with Crippen LogP contribution in [-0.2, 0) is 6.54 Å². The highest BCUT2D eigenvalue weighted by molar-refractivity contribution is 5.21. The van der Waals surface area contributed by atoms with Crippen LogP contribution in [0.3, 0.4) is 0 Å². The zero-order valence-electron chi connectivity index (χ0n) is 12.3. The molecule has 1 aromatic rings. The minimum Gasteiger partial charge on any atom is -0.329 e. The Morgan fingerprint density at radius 2 is 1.84 bits per heavy atom. The normalized spacial score (nSPS) is 18.1. The maximum atomic E-state index is 5.62. The van der Waals surface area contributed by atoms with Crippen LogP contribution in [0.25, 0.3) is 0 Å². The number of piperidine rings is 1. The zero-order chi connectivity index (χ0) is 13.7. The van der Waals surface area contributed by atoms with Crippen molar-refractivity contribution in [1.82, 2.24) is 9.80 Å². The number of aryl methyl sites for hydroxylation is 1. The molecule has 1 aromatic carbocycles. The van der Waals surface area contributed by atoms with Gasteiger partial charge in [-0.25, -0.2) is 0 Å². The fourth-order valence-corrected chi connectivity index (χ4v) is 2.88. The fourth-order valence-electron chi connectivity index (χ4n) is 2.88. The highest BCUT2D eigenvalue weighted by Crippen LogP contribution is 2.17. The molecule has 1 fully saturated rings. The van der Waals surface area contributed by atoms with Crippen LogP contribution in [0.4, 0.5) is 0 Å². The summed E-state index contributed by atoms with van der Waals surface area (Å²) in [6.07, 6.45) is 2.53. The van der Waals surface area contributed by atoms with Gasteiger partial charge in [0.1, 0.15) is 0 Å². The van der Waals surface area contributed by atoms with Gasteiger partial charge in [0.15, 0.2) is 0 Å². The van der Waals surface area contributed by atoms with Crippen molar-refractivity contribution in [2.75, 3.05) is 33.2 Å². The maximum absolute atomic E-state index is 5.62. The Hall–Kier alpha value is -0.900. The SMILES string of the molecule is Cc1ccc(CN(C)C2CCN(CCN)CC2)cc1. The second-order valence-electron chi connectivity index (χ2n) is 5.76. The largest absolute Gasteiger partial charge is 0.329 e. The molecule has 3 heteroatoms. The molecule has 19 heavy (non-hydrogen) atoms. The lowest BCUT2D eigenvalue weighted by Crippen LogP contribution is -2.44. The molecule has 0 saturated carbocycles. The molecule has 0 unspecified atom stereocenters. The van der Waals surface area contributed by atoms with Crippen molar-refractivity contribution in [2.24, 2.45) is 5.73 Å². The predicted molar refractivity (Wildman–Crippen MR) is 81.2 cm³/mol. The van der Waals surface area contributed by atoms with Crippen LogP contribution in [0, 0.1) is 6.92 Å². The van der Waals surface area contributed by atoms with Gasteiger partial charge >= 0.3 is 0 Å². The summed E-state index contributed by atoms with van der Waals surface area (Å²) in [5, 5.41) is 0. The van der Waals surface area contributed by atoms with E-state index in [1.807, 2.05) is 0 Å². The van der Waals surface area contributed by atoms with Crippen molar-refractivity contribution < 1.29 is 0 Å². The minimum absolute atomic E-state index is 0.718. The van der Waals surface area contributed by atoms with Crippen molar-refractivity contribution >= 4 is 0 Å². The van der Waals surface area contributed by atoms with Crippen molar-refractivity contribution in [1.29, 1.82) is 0 Å². The maximum Gasteiger partial charge on any atom is 0.0233 e. The number of nitrogens with two attached hydrogens (primary N) is 1. The Labute approximate surface area is 117 Å². The van der Waals surface area contributed by atoms with Gasteiger partial charge in [-0.1, -0.05) is 29.8 Å². The number of nitrogens with zero attached hydrogens (tertiary/aromatic N) is 2. The summed E-state index contributed by atoms with van der Waals surface area (Å²) in [6, 6.07) is 9.61. The Bertz CT molecular complexity index is 366. The summed E-state index contributed by atoms with van der Waals surface area (Å²) >= 11 is 0. The zero-order valence-corrected chi connectivity index (χ0v) is 12.3. The van der Waals surface area contributed by atoms with E-state index in [0.717, 1.165) is 25.7 Å². The molecule has 0 aliphatic carbocycles. The topological polar surface area (TPSA) is 32.5 Å². The van der Waals surface area contributed by atoms with Crippen LogP contribution in [0.1, 0.15) is 24.0 Å². The van der Waals surface area contributed by atoms with Crippen LogP contribution in [0.2, 0.25) is 0 Å². The Balaban J connectivity index is 1.81. The quantitative estimate of drug-likeness (QED) is 0.878. The number of rotatable bonds is 5. The Morgan fingerprint density at radius 1 is 1.21 bits per heavy atom. The van der Waals surface area contributed by atoms with Gasteiger partial charge in [-0.3, -0.25) is 4.90 Å². The summed E-state index contributed by atoms with van der Waals surface area (Å²) in [4.78, 5) is 4.99. The number of benzene rings is 1. The summed E-state index contributed by atoms with van der Waals surface area (Å²) in [6.45, 7) is 7.42. The number of hydrogen-bond donors (Lipinski definition) is 1. The first-order valence-corrected chi connectivity index (χ1v) is 7.37. The second-order valence-corrected chi connectivity index (χ2v) is 5.76. The highest BCUT2D eigenvalue weighted by Gasteiger charge is 2.21. The first-order valence-electron chi connectivity index (χ1n) is 7.37. The lowest BCUT2D eigenvalue weighted by Gasteiger charge is -2.36. The van der Waals surface area contributed by atoms with Gasteiger partial charge in [-0.2, -0.15) is 0 Å². The van der Waals surface area contributed by atoms with E-state index in [-0.39, 0.29) is 0 Å². The molecule has 0 bridgehead atoms. The molecule has 0 atom stereocenters. The van der Waals surface area contributed by atoms with Gasteiger partial charge in [-0.05, 0) is 45.5 Å². The summed E-state index contributed by atoms with van der Waals surface area (Å²) in [5.74, 6) is 0. The molecule has 3 nitrogen and oxygen atoms in total. The Morgan fingerprint density at radius 3 is 2.42 bits per heavy atom. The van der Waals surface area contributed by atoms with Crippen molar-refractivity contribution in [3.63, 3.8) is 0 Å². The van der Waals surface area contributed by atoms with Gasteiger partial charge in [0.05, 0.1) is 0 Å². The van der Waals surface area contributed by atoms with Crippen molar-refractivity contribution in [2.45, 2.75) is 32.4 Å². The summed E-state index contributed by atoms with van der Waals surface area (Å²) in [7, 11) is 2.25. The van der Waals surface area contributed by atoms with Crippen LogP contribution in [0.5, 0.6) is 0 Å². The van der Waals surface area contributed by atoms with Gasteiger partial charge in [0.25, 0.3) is 0 Å². The van der Waals surface area contributed by atoms with E-state index in [0.29, 0.717) is 0 Å². The van der Waals surface area contributed by atoms with Crippen LogP contribution < -0.4 is 5.73 Å². The third-order valence-electron chi connectivity index (χ3n) is 4.18. The second kappa shape index (κ2) is 7.04. The van der Waals surface area contributed by atoms with E-state index < -0.39 is 0 Å². The Kier molecular flexibility index (Phi) is 5.37. The molecule has 2 N–H and O–H groups in total. The van der Waals surface area contributed by atoms with E-state index in [4.69, 9.17) is 5.73 Å². The third kappa shape index (κ3) is 4.30. The predicted octanol–water partition coefficient (Wildman–Crippen LogP) is 1.85. The van der Waals surface area contributed by atoms with E-state index in [1.165, 1.54) is 37.1 Å². The van der Waals surface area contributed by atoms with Gasteiger partial charge in [-0.15, -0.1) is 0 Å². The average molecular weight is 261 g/mol. The summed E-state index contributed by atoms with van der Waals surface area (Å²) in [5.41, 5.74) is 8.37.